The van der Waals surface area contributed by atoms with Crippen LogP contribution >= 0.6 is 23.4 Å². The molecule has 4 heteroatoms. The van der Waals surface area contributed by atoms with Crippen LogP contribution in [0.3, 0.4) is 0 Å². The van der Waals surface area contributed by atoms with Crippen LogP contribution in [-0.4, -0.2) is 4.98 Å². The fourth-order valence-corrected chi connectivity index (χ4v) is 2.78. The summed E-state index contributed by atoms with van der Waals surface area (Å²) in [5.41, 5.74) is 8.01. The van der Waals surface area contributed by atoms with E-state index < -0.39 is 0 Å². The lowest BCUT2D eigenvalue weighted by atomic mass is 10.2. The second kappa shape index (κ2) is 5.94. The van der Waals surface area contributed by atoms with Gasteiger partial charge in [-0.05, 0) is 17.7 Å². The number of halogens is 1. The number of benzene rings is 1. The maximum absolute atomic E-state index is 6.09. The Morgan fingerprint density at radius 1 is 1.06 bits per heavy atom. The third-order valence-electron chi connectivity index (χ3n) is 2.40. The third kappa shape index (κ3) is 3.38. The Labute approximate surface area is 110 Å². The molecule has 0 radical (unpaired) electrons. The molecule has 0 unspecified atom stereocenters. The fraction of sp³-hybridized carbons (Fsp3) is 0.154. The molecule has 0 amide bonds. The van der Waals surface area contributed by atoms with Crippen LogP contribution in [0.25, 0.3) is 0 Å². The number of anilines is 1. The number of nitrogens with two attached hydrogens (primary N) is 1. The number of hydrogen-bond acceptors (Lipinski definition) is 3. The summed E-state index contributed by atoms with van der Waals surface area (Å²) < 4.78 is 0. The molecule has 2 nitrogen and oxygen atoms in total. The number of thioether (sulfide) groups is 1. The first-order chi connectivity index (χ1) is 8.27. The standard InChI is InChI=1S/C13H13ClN2S/c14-12-6-2-1-4-10(12)8-17-9-11-5-3-7-16-13(11)15/h1-7H,8-9H2,(H2,15,16). The summed E-state index contributed by atoms with van der Waals surface area (Å²) in [5, 5.41) is 0.819. The molecule has 0 fully saturated rings. The zero-order valence-corrected chi connectivity index (χ0v) is 10.8. The summed E-state index contributed by atoms with van der Waals surface area (Å²) in [4.78, 5) is 4.06. The van der Waals surface area contributed by atoms with Crippen LogP contribution in [0.5, 0.6) is 0 Å². The summed E-state index contributed by atoms with van der Waals surface area (Å²) in [5.74, 6) is 2.35. The van der Waals surface area contributed by atoms with Crippen LogP contribution in [0, 0.1) is 0 Å². The molecule has 88 valence electrons. The van der Waals surface area contributed by atoms with E-state index in [1.54, 1.807) is 18.0 Å². The SMILES string of the molecule is Nc1ncccc1CSCc1ccccc1Cl. The summed E-state index contributed by atoms with van der Waals surface area (Å²) in [6, 6.07) is 11.8. The van der Waals surface area contributed by atoms with Gasteiger partial charge < -0.3 is 5.73 Å². The molecule has 2 rings (SSSR count). The van der Waals surface area contributed by atoms with Crippen LogP contribution in [0.15, 0.2) is 42.6 Å². The molecule has 0 bridgehead atoms. The Bertz CT molecular complexity index is 457. The van der Waals surface area contributed by atoms with Crippen LogP contribution in [-0.2, 0) is 11.5 Å². The minimum absolute atomic E-state index is 0.610. The van der Waals surface area contributed by atoms with Gasteiger partial charge in [-0.15, -0.1) is 0 Å². The summed E-state index contributed by atoms with van der Waals surface area (Å²) in [6.45, 7) is 0. The Kier molecular flexibility index (Phi) is 4.29. The Hall–Kier alpha value is -1.19. The van der Waals surface area contributed by atoms with Crippen LogP contribution in [0.1, 0.15) is 11.1 Å². The number of nitrogen functional groups attached to an aromatic ring is 1. The van der Waals surface area contributed by atoms with E-state index in [-0.39, 0.29) is 0 Å². The Morgan fingerprint density at radius 3 is 2.53 bits per heavy atom. The highest BCUT2D eigenvalue weighted by Crippen LogP contribution is 2.24. The lowest BCUT2D eigenvalue weighted by Gasteiger charge is -2.05. The highest BCUT2D eigenvalue weighted by atomic mass is 35.5. The highest BCUT2D eigenvalue weighted by molar-refractivity contribution is 7.97. The maximum atomic E-state index is 6.09. The Morgan fingerprint density at radius 2 is 1.76 bits per heavy atom. The van der Waals surface area contributed by atoms with E-state index in [1.165, 1.54) is 0 Å². The van der Waals surface area contributed by atoms with Crippen LogP contribution in [0.4, 0.5) is 5.82 Å². The summed E-state index contributed by atoms with van der Waals surface area (Å²) >= 11 is 7.87. The average Bonchev–Trinajstić information content (AvgIpc) is 2.34. The number of rotatable bonds is 4. The average molecular weight is 265 g/mol. The van der Waals surface area contributed by atoms with Gasteiger partial charge in [-0.25, -0.2) is 4.98 Å². The molecule has 1 aromatic carbocycles. The van der Waals surface area contributed by atoms with Crippen molar-refractivity contribution < 1.29 is 0 Å². The van der Waals surface area contributed by atoms with E-state index in [0.29, 0.717) is 5.82 Å². The van der Waals surface area contributed by atoms with E-state index in [0.717, 1.165) is 27.7 Å². The van der Waals surface area contributed by atoms with Crippen molar-refractivity contribution in [3.63, 3.8) is 0 Å². The van der Waals surface area contributed by atoms with Gasteiger partial charge in [0, 0.05) is 28.3 Å². The van der Waals surface area contributed by atoms with E-state index >= 15 is 0 Å². The molecule has 0 spiro atoms. The lowest BCUT2D eigenvalue weighted by molar-refractivity contribution is 1.26. The smallest absolute Gasteiger partial charge is 0.127 e. The molecule has 1 heterocycles. The van der Waals surface area contributed by atoms with Gasteiger partial charge in [-0.3, -0.25) is 0 Å². The molecule has 0 aliphatic heterocycles. The molecular formula is C13H13ClN2S. The minimum Gasteiger partial charge on any atom is -0.383 e. The predicted molar refractivity (Wildman–Crippen MR) is 75.1 cm³/mol. The summed E-state index contributed by atoms with van der Waals surface area (Å²) in [7, 11) is 0. The number of aromatic nitrogens is 1. The molecule has 1 aromatic heterocycles. The zero-order chi connectivity index (χ0) is 12.1. The first-order valence-electron chi connectivity index (χ1n) is 5.28. The largest absolute Gasteiger partial charge is 0.383 e. The van der Waals surface area contributed by atoms with Gasteiger partial charge in [-0.1, -0.05) is 35.9 Å². The third-order valence-corrected chi connectivity index (χ3v) is 3.80. The summed E-state index contributed by atoms with van der Waals surface area (Å²) in [6.07, 6.45) is 1.71. The van der Waals surface area contributed by atoms with Crippen molar-refractivity contribution in [2.45, 2.75) is 11.5 Å². The molecule has 2 N–H and O–H groups in total. The van der Waals surface area contributed by atoms with Gasteiger partial charge in [0.25, 0.3) is 0 Å². The van der Waals surface area contributed by atoms with E-state index in [2.05, 4.69) is 4.98 Å². The van der Waals surface area contributed by atoms with Gasteiger partial charge in [0.2, 0.25) is 0 Å². The predicted octanol–water partition coefficient (Wildman–Crippen LogP) is 3.75. The lowest BCUT2D eigenvalue weighted by Crippen LogP contribution is -1.95. The van der Waals surface area contributed by atoms with Gasteiger partial charge >= 0.3 is 0 Å². The number of pyridine rings is 1. The quantitative estimate of drug-likeness (QED) is 0.914. The molecule has 0 atom stereocenters. The number of nitrogens with zero attached hydrogens (tertiary/aromatic N) is 1. The number of hydrogen-bond donors (Lipinski definition) is 1. The minimum atomic E-state index is 0.610. The molecule has 0 aliphatic carbocycles. The molecule has 2 aromatic rings. The molecular weight excluding hydrogens is 252 g/mol. The Balaban J connectivity index is 1.93. The van der Waals surface area contributed by atoms with Crippen molar-refractivity contribution in [3.8, 4) is 0 Å². The maximum Gasteiger partial charge on any atom is 0.127 e. The molecule has 0 saturated carbocycles. The van der Waals surface area contributed by atoms with Crippen molar-refractivity contribution in [3.05, 3.63) is 58.7 Å². The van der Waals surface area contributed by atoms with Gasteiger partial charge in [0.05, 0.1) is 0 Å². The fourth-order valence-electron chi connectivity index (χ4n) is 1.46. The van der Waals surface area contributed by atoms with Crippen molar-refractivity contribution in [1.82, 2.24) is 4.98 Å². The van der Waals surface area contributed by atoms with Gasteiger partial charge in [0.1, 0.15) is 5.82 Å². The zero-order valence-electron chi connectivity index (χ0n) is 9.27. The van der Waals surface area contributed by atoms with Gasteiger partial charge in [-0.2, -0.15) is 11.8 Å². The second-order valence-electron chi connectivity index (χ2n) is 3.63. The van der Waals surface area contributed by atoms with Crippen molar-refractivity contribution in [1.29, 1.82) is 0 Å². The van der Waals surface area contributed by atoms with Crippen LogP contribution in [0.2, 0.25) is 5.02 Å². The first kappa shape index (κ1) is 12.3. The monoisotopic (exact) mass is 264 g/mol. The topological polar surface area (TPSA) is 38.9 Å². The molecule has 17 heavy (non-hydrogen) atoms. The van der Waals surface area contributed by atoms with E-state index in [9.17, 15) is 0 Å². The van der Waals surface area contributed by atoms with Crippen LogP contribution < -0.4 is 5.73 Å². The van der Waals surface area contributed by atoms with Crippen molar-refractivity contribution in [2.75, 3.05) is 5.73 Å². The van der Waals surface area contributed by atoms with Crippen molar-refractivity contribution >= 4 is 29.2 Å². The van der Waals surface area contributed by atoms with E-state index in [1.807, 2.05) is 36.4 Å². The normalized spacial score (nSPS) is 10.4. The van der Waals surface area contributed by atoms with Crippen molar-refractivity contribution in [2.24, 2.45) is 0 Å². The second-order valence-corrected chi connectivity index (χ2v) is 5.02. The molecule has 0 saturated heterocycles. The van der Waals surface area contributed by atoms with Gasteiger partial charge in [0.15, 0.2) is 0 Å². The highest BCUT2D eigenvalue weighted by Gasteiger charge is 2.02. The molecule has 0 aliphatic rings. The van der Waals surface area contributed by atoms with E-state index in [4.69, 9.17) is 17.3 Å². The first-order valence-corrected chi connectivity index (χ1v) is 6.81.